The minimum atomic E-state index is -4.38. The number of hydrogen-bond acceptors (Lipinski definition) is 3. The van der Waals surface area contributed by atoms with Crippen LogP contribution in [-0.2, 0) is 15.6 Å². The number of hydrogen-bond donors (Lipinski definition) is 0. The van der Waals surface area contributed by atoms with Crippen molar-refractivity contribution >= 4 is 0 Å². The molecule has 0 saturated carbocycles. The molecule has 0 bridgehead atoms. The summed E-state index contributed by atoms with van der Waals surface area (Å²) in [5, 5.41) is 0. The van der Waals surface area contributed by atoms with Crippen molar-refractivity contribution in [2.45, 2.75) is 32.2 Å². The zero-order valence-electron chi connectivity index (χ0n) is 23.4. The van der Waals surface area contributed by atoms with Crippen molar-refractivity contribution < 1.29 is 44.9 Å². The third kappa shape index (κ3) is 6.97. The molecule has 10 heteroatoms. The summed E-state index contributed by atoms with van der Waals surface area (Å²) >= 11 is 0. The van der Waals surface area contributed by atoms with Gasteiger partial charge in [0, 0.05) is 17.0 Å². The molecular weight excluding hydrogens is 589 g/mol. The maximum Gasteiger partial charge on any atom is 0.432 e. The highest BCUT2D eigenvalue weighted by Crippen LogP contribution is 2.38. The third-order valence-corrected chi connectivity index (χ3v) is 7.20. The van der Waals surface area contributed by atoms with Gasteiger partial charge in [-0.2, -0.15) is 8.78 Å². The zero-order chi connectivity index (χ0) is 31.4. The van der Waals surface area contributed by atoms with E-state index in [4.69, 9.17) is 9.47 Å². The molecule has 4 aromatic carbocycles. The molecule has 0 aromatic heterocycles. The van der Waals surface area contributed by atoms with Crippen molar-refractivity contribution in [2.75, 3.05) is 13.2 Å². The lowest BCUT2D eigenvalue weighted by Gasteiger charge is -2.30. The molecule has 1 aliphatic rings. The van der Waals surface area contributed by atoms with Crippen LogP contribution in [-0.4, -0.2) is 13.2 Å². The second kappa shape index (κ2) is 13.2. The van der Waals surface area contributed by atoms with Gasteiger partial charge in [0.25, 0.3) is 0 Å². The van der Waals surface area contributed by atoms with Crippen LogP contribution in [0.15, 0.2) is 84.9 Å². The van der Waals surface area contributed by atoms with E-state index < -0.39 is 52.8 Å². The Kier molecular flexibility index (Phi) is 9.41. The summed E-state index contributed by atoms with van der Waals surface area (Å²) in [6.07, 6.45) is 0.117. The fourth-order valence-corrected chi connectivity index (χ4v) is 4.91. The summed E-state index contributed by atoms with van der Waals surface area (Å²) in [7, 11) is 0. The van der Waals surface area contributed by atoms with Crippen LogP contribution in [0.1, 0.15) is 37.2 Å². The standard InChI is InChI=1S/C34H27F7O3/c1-2-3-4-5-20-18-42-33(43-19-20)24-16-30(38)32(31(39)17-24)34(40,41)44-25-10-6-21(7-11-25)22-8-12-26(28(36)14-22)23-9-13-27(35)29(37)15-23/h2-3,6-17,20,33H,4-5,18-19H2,1H3. The van der Waals surface area contributed by atoms with Gasteiger partial charge in [-0.25, -0.2) is 22.0 Å². The van der Waals surface area contributed by atoms with E-state index in [1.54, 1.807) is 0 Å². The Morgan fingerprint density at radius 2 is 1.34 bits per heavy atom. The van der Waals surface area contributed by atoms with Crippen molar-refractivity contribution in [3.8, 4) is 28.0 Å². The molecule has 5 rings (SSSR count). The van der Waals surface area contributed by atoms with E-state index >= 15 is 8.78 Å². The average Bonchev–Trinajstić information content (AvgIpc) is 2.99. The zero-order valence-corrected chi connectivity index (χ0v) is 23.4. The first-order chi connectivity index (χ1) is 21.1. The lowest BCUT2D eigenvalue weighted by molar-refractivity contribution is -0.206. The molecule has 230 valence electrons. The Bertz CT molecular complexity index is 1620. The largest absolute Gasteiger partial charge is 0.432 e. The molecule has 0 spiro atoms. The number of alkyl halides is 2. The molecule has 1 fully saturated rings. The van der Waals surface area contributed by atoms with E-state index in [0.29, 0.717) is 24.3 Å². The molecular formula is C34H27F7O3. The van der Waals surface area contributed by atoms with Crippen LogP contribution >= 0.6 is 0 Å². The lowest BCUT2D eigenvalue weighted by Crippen LogP contribution is -2.28. The van der Waals surface area contributed by atoms with Gasteiger partial charge < -0.3 is 14.2 Å². The maximum atomic E-state index is 15.0. The van der Waals surface area contributed by atoms with Crippen LogP contribution in [0.3, 0.4) is 0 Å². The summed E-state index contributed by atoms with van der Waals surface area (Å²) in [6, 6.07) is 13.5. The lowest BCUT2D eigenvalue weighted by atomic mass is 9.99. The first-order valence-corrected chi connectivity index (χ1v) is 13.8. The van der Waals surface area contributed by atoms with Gasteiger partial charge in [0.05, 0.1) is 13.2 Å². The number of ether oxygens (including phenoxy) is 3. The fraction of sp³-hybridized carbons (Fsp3) is 0.235. The van der Waals surface area contributed by atoms with E-state index in [1.807, 2.05) is 19.1 Å². The van der Waals surface area contributed by atoms with Crippen molar-refractivity contribution in [1.82, 2.24) is 0 Å². The normalized spacial score (nSPS) is 17.3. The third-order valence-electron chi connectivity index (χ3n) is 7.20. The Morgan fingerprint density at radius 1 is 0.727 bits per heavy atom. The number of halogens is 7. The molecule has 1 saturated heterocycles. The van der Waals surface area contributed by atoms with E-state index in [2.05, 4.69) is 4.74 Å². The molecule has 44 heavy (non-hydrogen) atoms. The van der Waals surface area contributed by atoms with Crippen molar-refractivity contribution in [2.24, 2.45) is 5.92 Å². The monoisotopic (exact) mass is 616 g/mol. The van der Waals surface area contributed by atoms with Crippen LogP contribution in [0, 0.1) is 35.0 Å². The quantitative estimate of drug-likeness (QED) is 0.138. The van der Waals surface area contributed by atoms with Crippen molar-refractivity contribution in [3.05, 3.63) is 125 Å². The second-order valence-electron chi connectivity index (χ2n) is 10.3. The van der Waals surface area contributed by atoms with Gasteiger partial charge in [-0.05, 0) is 78.9 Å². The second-order valence-corrected chi connectivity index (χ2v) is 10.3. The Morgan fingerprint density at radius 3 is 1.95 bits per heavy atom. The number of rotatable bonds is 9. The van der Waals surface area contributed by atoms with Crippen molar-refractivity contribution in [3.63, 3.8) is 0 Å². The predicted octanol–water partition coefficient (Wildman–Crippen LogP) is 9.86. The van der Waals surface area contributed by atoms with Crippen LogP contribution in [0.25, 0.3) is 22.3 Å². The Balaban J connectivity index is 1.27. The number of allylic oxidation sites excluding steroid dienone is 2. The minimum absolute atomic E-state index is 0.0354. The van der Waals surface area contributed by atoms with Gasteiger partial charge in [-0.1, -0.05) is 42.5 Å². The summed E-state index contributed by atoms with van der Waals surface area (Å²) in [5.41, 5.74) is -0.702. The average molecular weight is 617 g/mol. The van der Waals surface area contributed by atoms with Crippen LogP contribution in [0.2, 0.25) is 0 Å². The first kappa shape index (κ1) is 31.3. The van der Waals surface area contributed by atoms with Crippen LogP contribution in [0.5, 0.6) is 5.75 Å². The smallest absolute Gasteiger partial charge is 0.429 e. The molecule has 4 aromatic rings. The SMILES string of the molecule is CC=CCCC1COC(c2cc(F)c(C(F)(F)Oc3ccc(-c4ccc(-c5ccc(F)c(F)c5)c(F)c4)cc3)c(F)c2)OC1. The summed E-state index contributed by atoms with van der Waals surface area (Å²) in [6.45, 7) is 2.51. The maximum absolute atomic E-state index is 15.0. The highest BCUT2D eigenvalue weighted by Gasteiger charge is 2.42. The molecule has 1 aliphatic heterocycles. The van der Waals surface area contributed by atoms with E-state index in [-0.39, 0.29) is 22.6 Å². The van der Waals surface area contributed by atoms with Crippen LogP contribution in [0.4, 0.5) is 30.7 Å². The first-order valence-electron chi connectivity index (χ1n) is 13.8. The highest BCUT2D eigenvalue weighted by atomic mass is 19.3. The van der Waals surface area contributed by atoms with Gasteiger partial charge in [0.1, 0.15) is 28.8 Å². The molecule has 0 radical (unpaired) electrons. The summed E-state index contributed by atoms with van der Waals surface area (Å²) in [4.78, 5) is 0. The van der Waals surface area contributed by atoms with Gasteiger partial charge in [-0.3, -0.25) is 0 Å². The molecule has 0 N–H and O–H groups in total. The molecule has 1 heterocycles. The minimum Gasteiger partial charge on any atom is -0.429 e. The predicted molar refractivity (Wildman–Crippen MR) is 150 cm³/mol. The molecule has 3 nitrogen and oxygen atoms in total. The topological polar surface area (TPSA) is 27.7 Å². The molecule has 0 unspecified atom stereocenters. The van der Waals surface area contributed by atoms with Gasteiger partial charge in [0.15, 0.2) is 17.9 Å². The Hall–Kier alpha value is -4.15. The van der Waals surface area contributed by atoms with Gasteiger partial charge in [-0.15, -0.1) is 0 Å². The number of benzene rings is 4. The summed E-state index contributed by atoms with van der Waals surface area (Å²) in [5.74, 6) is -6.25. The molecule has 0 aliphatic carbocycles. The fourth-order valence-electron chi connectivity index (χ4n) is 4.91. The van der Waals surface area contributed by atoms with Crippen LogP contribution < -0.4 is 4.74 Å². The highest BCUT2D eigenvalue weighted by molar-refractivity contribution is 5.71. The van der Waals surface area contributed by atoms with E-state index in [0.717, 1.165) is 55.3 Å². The van der Waals surface area contributed by atoms with E-state index in [1.165, 1.54) is 30.3 Å². The van der Waals surface area contributed by atoms with Gasteiger partial charge in [0.2, 0.25) is 0 Å². The summed E-state index contributed by atoms with van der Waals surface area (Å²) < 4.78 is 117. The van der Waals surface area contributed by atoms with E-state index in [9.17, 15) is 22.0 Å². The Labute approximate surface area is 249 Å². The van der Waals surface area contributed by atoms with Gasteiger partial charge >= 0.3 is 6.11 Å². The van der Waals surface area contributed by atoms with Crippen molar-refractivity contribution in [1.29, 1.82) is 0 Å². The molecule has 0 amide bonds. The molecule has 0 atom stereocenters.